The first kappa shape index (κ1) is 22.3. The van der Waals surface area contributed by atoms with Crippen molar-refractivity contribution in [3.05, 3.63) is 46.6 Å². The molecule has 30 heavy (non-hydrogen) atoms. The van der Waals surface area contributed by atoms with E-state index in [4.69, 9.17) is 27.3 Å². The normalized spacial score (nSPS) is 19.4. The smallest absolute Gasteiger partial charge is 0.228 e. The second-order valence-corrected chi connectivity index (χ2v) is 9.35. The van der Waals surface area contributed by atoms with Crippen LogP contribution in [0.25, 0.3) is 0 Å². The maximum Gasteiger partial charge on any atom is 0.228 e. The maximum absolute atomic E-state index is 11.7. The number of benzene rings is 1. The molecule has 7 heteroatoms. The number of hydrogen-bond donors (Lipinski definition) is 1. The van der Waals surface area contributed by atoms with Gasteiger partial charge in [0.25, 0.3) is 0 Å². The molecule has 0 unspecified atom stereocenters. The first-order valence-electron chi connectivity index (χ1n) is 10.5. The van der Waals surface area contributed by atoms with Crippen LogP contribution < -0.4 is 15.5 Å². The number of halogens is 1. The molecule has 6 nitrogen and oxygen atoms in total. The summed E-state index contributed by atoms with van der Waals surface area (Å²) in [5.41, 5.74) is 7.37. The standard InChI is InChI=1S/C23H32ClN5O/c1-15-14-26-22(27-21(15)28(4)5)29(19-12-6-16(7-13-19)20(25)30)23(2,3)17-8-10-18(24)11-9-17/h8-11,14,16,19H,6-7,12-13H2,1-5H3,(H2,25,30). The Labute approximate surface area is 184 Å². The highest BCUT2D eigenvalue weighted by Crippen LogP contribution is 2.39. The molecule has 0 bridgehead atoms. The van der Waals surface area contributed by atoms with Crippen LogP contribution in [0, 0.1) is 12.8 Å². The first-order valence-corrected chi connectivity index (χ1v) is 10.8. The van der Waals surface area contributed by atoms with Crippen molar-refractivity contribution in [3.63, 3.8) is 0 Å². The summed E-state index contributed by atoms with van der Waals surface area (Å²) in [6.45, 7) is 6.40. The van der Waals surface area contributed by atoms with Crippen LogP contribution in [0.15, 0.2) is 30.5 Å². The van der Waals surface area contributed by atoms with Crippen LogP contribution in [0.1, 0.15) is 50.7 Å². The number of amides is 1. The molecular weight excluding hydrogens is 398 g/mol. The first-order chi connectivity index (χ1) is 14.1. The molecule has 1 amide bonds. The van der Waals surface area contributed by atoms with E-state index in [0.29, 0.717) is 11.0 Å². The van der Waals surface area contributed by atoms with Crippen molar-refractivity contribution in [3.8, 4) is 0 Å². The Morgan fingerprint density at radius 3 is 2.27 bits per heavy atom. The van der Waals surface area contributed by atoms with Gasteiger partial charge in [-0.25, -0.2) is 4.98 Å². The molecule has 2 N–H and O–H groups in total. The van der Waals surface area contributed by atoms with Gasteiger partial charge in [-0.2, -0.15) is 4.98 Å². The van der Waals surface area contributed by atoms with Crippen LogP contribution in [-0.2, 0) is 10.3 Å². The van der Waals surface area contributed by atoms with Crippen LogP contribution in [0.4, 0.5) is 11.8 Å². The monoisotopic (exact) mass is 429 g/mol. The van der Waals surface area contributed by atoms with Crippen molar-refractivity contribution in [2.75, 3.05) is 23.9 Å². The molecule has 1 aromatic carbocycles. The molecule has 0 saturated heterocycles. The van der Waals surface area contributed by atoms with E-state index in [1.165, 1.54) is 0 Å². The summed E-state index contributed by atoms with van der Waals surface area (Å²) < 4.78 is 0. The lowest BCUT2D eigenvalue weighted by Crippen LogP contribution is -2.51. The topological polar surface area (TPSA) is 75.4 Å². The molecule has 3 rings (SSSR count). The fourth-order valence-corrected chi connectivity index (χ4v) is 4.60. The molecule has 1 saturated carbocycles. The van der Waals surface area contributed by atoms with Gasteiger partial charge in [0, 0.05) is 42.8 Å². The van der Waals surface area contributed by atoms with Gasteiger partial charge in [-0.05, 0) is 64.2 Å². The van der Waals surface area contributed by atoms with E-state index < -0.39 is 0 Å². The summed E-state index contributed by atoms with van der Waals surface area (Å²) in [4.78, 5) is 25.7. The zero-order chi connectivity index (χ0) is 22.1. The number of anilines is 2. The minimum Gasteiger partial charge on any atom is -0.369 e. The lowest BCUT2D eigenvalue weighted by atomic mass is 9.82. The van der Waals surface area contributed by atoms with Gasteiger partial charge in [0.05, 0.1) is 5.54 Å². The number of nitrogens with two attached hydrogens (primary N) is 1. The van der Waals surface area contributed by atoms with E-state index >= 15 is 0 Å². The van der Waals surface area contributed by atoms with E-state index in [2.05, 4.69) is 30.9 Å². The summed E-state index contributed by atoms with van der Waals surface area (Å²) in [5.74, 6) is 1.37. The zero-order valence-corrected chi connectivity index (χ0v) is 19.3. The summed E-state index contributed by atoms with van der Waals surface area (Å²) in [6, 6.07) is 8.17. The molecule has 0 spiro atoms. The summed E-state index contributed by atoms with van der Waals surface area (Å²) in [5, 5.41) is 0.713. The molecule has 1 aromatic heterocycles. The third kappa shape index (κ3) is 4.53. The Morgan fingerprint density at radius 2 is 1.73 bits per heavy atom. The van der Waals surface area contributed by atoms with Crippen molar-refractivity contribution < 1.29 is 4.79 Å². The van der Waals surface area contributed by atoms with E-state index in [9.17, 15) is 4.79 Å². The van der Waals surface area contributed by atoms with E-state index in [-0.39, 0.29) is 23.4 Å². The molecule has 0 aliphatic heterocycles. The highest BCUT2D eigenvalue weighted by atomic mass is 35.5. The Kier molecular flexibility index (Phi) is 6.56. The van der Waals surface area contributed by atoms with Crippen LogP contribution in [0.5, 0.6) is 0 Å². The van der Waals surface area contributed by atoms with E-state index in [1.807, 2.05) is 44.2 Å². The van der Waals surface area contributed by atoms with Crippen LogP contribution in [0.3, 0.4) is 0 Å². The second-order valence-electron chi connectivity index (χ2n) is 8.91. The fraction of sp³-hybridized carbons (Fsp3) is 0.522. The number of carbonyl (C=O) groups is 1. The number of nitrogens with zero attached hydrogens (tertiary/aromatic N) is 4. The molecule has 0 atom stereocenters. The van der Waals surface area contributed by atoms with Gasteiger partial charge in [0.15, 0.2) is 0 Å². The lowest BCUT2D eigenvalue weighted by molar-refractivity contribution is -0.122. The molecule has 1 fully saturated rings. The quantitative estimate of drug-likeness (QED) is 0.741. The molecular formula is C23H32ClN5O. The number of aromatic nitrogens is 2. The molecule has 2 aromatic rings. The van der Waals surface area contributed by atoms with Crippen molar-refractivity contribution in [1.29, 1.82) is 0 Å². The average molecular weight is 430 g/mol. The van der Waals surface area contributed by atoms with Gasteiger partial charge < -0.3 is 15.5 Å². The SMILES string of the molecule is Cc1cnc(N(C2CCC(C(N)=O)CC2)C(C)(C)c2ccc(Cl)cc2)nc1N(C)C. The van der Waals surface area contributed by atoms with Gasteiger partial charge in [-0.1, -0.05) is 23.7 Å². The summed E-state index contributed by atoms with van der Waals surface area (Å²) >= 11 is 6.14. The van der Waals surface area contributed by atoms with Gasteiger partial charge in [0.2, 0.25) is 11.9 Å². The molecule has 1 aliphatic carbocycles. The third-order valence-corrected chi connectivity index (χ3v) is 6.44. The second kappa shape index (κ2) is 8.80. The number of rotatable bonds is 6. The minimum atomic E-state index is -0.367. The van der Waals surface area contributed by atoms with Crippen LogP contribution >= 0.6 is 11.6 Å². The summed E-state index contributed by atoms with van der Waals surface area (Å²) in [7, 11) is 3.98. The van der Waals surface area contributed by atoms with Crippen molar-refractivity contribution in [1.82, 2.24) is 9.97 Å². The van der Waals surface area contributed by atoms with Gasteiger partial charge in [-0.3, -0.25) is 4.79 Å². The number of carbonyl (C=O) groups excluding carboxylic acids is 1. The van der Waals surface area contributed by atoms with Gasteiger partial charge in [-0.15, -0.1) is 0 Å². The van der Waals surface area contributed by atoms with Crippen LogP contribution in [-0.4, -0.2) is 36.0 Å². The van der Waals surface area contributed by atoms with Crippen LogP contribution in [0.2, 0.25) is 5.02 Å². The third-order valence-electron chi connectivity index (χ3n) is 6.19. The Balaban J connectivity index is 2.04. The minimum absolute atomic E-state index is 0.0435. The summed E-state index contributed by atoms with van der Waals surface area (Å²) in [6.07, 6.45) is 5.22. The molecule has 1 aliphatic rings. The molecule has 162 valence electrons. The fourth-order valence-electron chi connectivity index (χ4n) is 4.48. The van der Waals surface area contributed by atoms with E-state index in [0.717, 1.165) is 42.6 Å². The Morgan fingerprint density at radius 1 is 1.13 bits per heavy atom. The number of aryl methyl sites for hydroxylation is 1. The van der Waals surface area contributed by atoms with Gasteiger partial charge >= 0.3 is 0 Å². The highest BCUT2D eigenvalue weighted by Gasteiger charge is 2.39. The average Bonchev–Trinajstić information content (AvgIpc) is 2.69. The molecule has 0 radical (unpaired) electrons. The lowest BCUT2D eigenvalue weighted by Gasteiger charge is -2.46. The predicted molar refractivity (Wildman–Crippen MR) is 123 cm³/mol. The largest absolute Gasteiger partial charge is 0.369 e. The maximum atomic E-state index is 11.7. The predicted octanol–water partition coefficient (Wildman–Crippen LogP) is 4.29. The zero-order valence-electron chi connectivity index (χ0n) is 18.5. The van der Waals surface area contributed by atoms with Crippen molar-refractivity contribution >= 4 is 29.3 Å². The Bertz CT molecular complexity index is 889. The molecule has 1 heterocycles. The number of hydrogen-bond acceptors (Lipinski definition) is 5. The van der Waals surface area contributed by atoms with Crippen molar-refractivity contribution in [2.24, 2.45) is 11.7 Å². The van der Waals surface area contributed by atoms with Gasteiger partial charge in [0.1, 0.15) is 5.82 Å². The van der Waals surface area contributed by atoms with E-state index in [1.54, 1.807) is 0 Å². The van der Waals surface area contributed by atoms with Crippen molar-refractivity contribution in [2.45, 2.75) is 58.0 Å². The Hall–Kier alpha value is -2.34. The highest BCUT2D eigenvalue weighted by molar-refractivity contribution is 6.30. The number of primary amides is 1.